The van der Waals surface area contributed by atoms with Crippen LogP contribution in [0.25, 0.3) is 0 Å². The van der Waals surface area contributed by atoms with E-state index in [1.54, 1.807) is 0 Å². The van der Waals surface area contributed by atoms with Crippen LogP contribution >= 0.6 is 0 Å². The summed E-state index contributed by atoms with van der Waals surface area (Å²) in [5, 5.41) is 0. The van der Waals surface area contributed by atoms with Crippen molar-refractivity contribution < 1.29 is 0 Å². The van der Waals surface area contributed by atoms with Crippen LogP contribution in [0.4, 0.5) is 0 Å². The molecule has 82 valence electrons. The van der Waals surface area contributed by atoms with E-state index in [-0.39, 0.29) is 0 Å². The zero-order valence-electron chi connectivity index (χ0n) is 9.92. The van der Waals surface area contributed by atoms with Gasteiger partial charge in [0.1, 0.15) is 0 Å². The van der Waals surface area contributed by atoms with Crippen molar-refractivity contribution in [3.63, 3.8) is 0 Å². The molecule has 2 heterocycles. The van der Waals surface area contributed by atoms with Gasteiger partial charge in [0, 0.05) is 24.7 Å². The van der Waals surface area contributed by atoms with Crippen LogP contribution < -0.4 is 0 Å². The number of nitrogens with zero attached hydrogens (tertiary/aromatic N) is 2. The van der Waals surface area contributed by atoms with Crippen molar-refractivity contribution in [2.75, 3.05) is 26.7 Å². The van der Waals surface area contributed by atoms with Gasteiger partial charge in [-0.15, -0.1) is 0 Å². The van der Waals surface area contributed by atoms with Crippen LogP contribution in [0.5, 0.6) is 0 Å². The average Bonchev–Trinajstić information content (AvgIpc) is 2.49. The largest absolute Gasteiger partial charge is 0.301 e. The van der Waals surface area contributed by atoms with E-state index in [0.29, 0.717) is 5.54 Å². The van der Waals surface area contributed by atoms with E-state index in [9.17, 15) is 0 Å². The Morgan fingerprint density at radius 3 is 2.07 bits per heavy atom. The van der Waals surface area contributed by atoms with Crippen LogP contribution in [0.15, 0.2) is 0 Å². The Bertz CT molecular complexity index is 192. The fraction of sp³-hybridized carbons (Fsp3) is 1.00. The fourth-order valence-electron chi connectivity index (χ4n) is 3.16. The summed E-state index contributed by atoms with van der Waals surface area (Å²) in [5.41, 5.74) is 0.589. The Morgan fingerprint density at radius 1 is 1.00 bits per heavy atom. The summed E-state index contributed by atoms with van der Waals surface area (Å²) in [6, 6.07) is 0.735. The Hall–Kier alpha value is -0.0800. The predicted octanol–water partition coefficient (Wildman–Crippen LogP) is 1.95. The highest BCUT2D eigenvalue weighted by Gasteiger charge is 2.41. The molecule has 2 nitrogen and oxygen atoms in total. The molecule has 0 amide bonds. The van der Waals surface area contributed by atoms with Gasteiger partial charge in [-0.3, -0.25) is 0 Å². The van der Waals surface area contributed by atoms with Crippen LogP contribution in [0.1, 0.15) is 39.5 Å². The molecule has 14 heavy (non-hydrogen) atoms. The highest BCUT2D eigenvalue weighted by atomic mass is 15.2. The van der Waals surface area contributed by atoms with Crippen molar-refractivity contribution in [2.45, 2.75) is 51.1 Å². The van der Waals surface area contributed by atoms with Gasteiger partial charge in [0.15, 0.2) is 0 Å². The van der Waals surface area contributed by atoms with Crippen LogP contribution in [-0.4, -0.2) is 48.1 Å². The topological polar surface area (TPSA) is 6.48 Å². The van der Waals surface area contributed by atoms with Crippen LogP contribution in [0, 0.1) is 0 Å². The third-order valence-electron chi connectivity index (χ3n) is 4.40. The van der Waals surface area contributed by atoms with Gasteiger partial charge in [-0.05, 0) is 53.1 Å². The minimum atomic E-state index is 0.589. The van der Waals surface area contributed by atoms with Gasteiger partial charge in [0.25, 0.3) is 0 Å². The van der Waals surface area contributed by atoms with Gasteiger partial charge < -0.3 is 9.80 Å². The molecule has 0 N–H and O–H groups in total. The van der Waals surface area contributed by atoms with E-state index >= 15 is 0 Å². The van der Waals surface area contributed by atoms with Crippen LogP contribution in [0.3, 0.4) is 0 Å². The summed E-state index contributed by atoms with van der Waals surface area (Å²) in [7, 11) is 2.32. The molecule has 2 aliphatic rings. The van der Waals surface area contributed by atoms with Crippen molar-refractivity contribution in [1.29, 1.82) is 0 Å². The first-order valence-electron chi connectivity index (χ1n) is 6.09. The third-order valence-corrected chi connectivity index (χ3v) is 4.40. The molecule has 1 spiro atoms. The van der Waals surface area contributed by atoms with Crippen LogP contribution in [0.2, 0.25) is 0 Å². The molecule has 0 aromatic carbocycles. The van der Waals surface area contributed by atoms with Gasteiger partial charge >= 0.3 is 0 Å². The van der Waals surface area contributed by atoms with Crippen molar-refractivity contribution in [1.82, 2.24) is 9.80 Å². The second-order valence-corrected chi connectivity index (χ2v) is 5.38. The molecule has 2 rings (SSSR count). The number of piperidine rings is 1. The number of likely N-dealkylation sites (tertiary alicyclic amines) is 2. The van der Waals surface area contributed by atoms with Crippen LogP contribution in [-0.2, 0) is 0 Å². The van der Waals surface area contributed by atoms with E-state index in [1.165, 1.54) is 45.3 Å². The zero-order chi connectivity index (χ0) is 10.2. The zero-order valence-corrected chi connectivity index (χ0v) is 9.92. The van der Waals surface area contributed by atoms with E-state index in [4.69, 9.17) is 0 Å². The molecule has 2 saturated heterocycles. The highest BCUT2D eigenvalue weighted by molar-refractivity contribution is 4.98. The molecule has 0 saturated carbocycles. The summed E-state index contributed by atoms with van der Waals surface area (Å²) in [6.07, 6.45) is 5.64. The Morgan fingerprint density at radius 2 is 1.64 bits per heavy atom. The second-order valence-electron chi connectivity index (χ2n) is 5.38. The maximum Gasteiger partial charge on any atom is 0.0231 e. The first-order valence-corrected chi connectivity index (χ1v) is 6.09. The van der Waals surface area contributed by atoms with Gasteiger partial charge in [0.2, 0.25) is 0 Å². The normalized spacial score (nSPS) is 29.1. The second kappa shape index (κ2) is 3.82. The molecule has 2 aliphatic heterocycles. The quantitative estimate of drug-likeness (QED) is 0.632. The summed E-state index contributed by atoms with van der Waals surface area (Å²) >= 11 is 0. The summed E-state index contributed by atoms with van der Waals surface area (Å²) < 4.78 is 0. The summed E-state index contributed by atoms with van der Waals surface area (Å²) in [4.78, 5) is 5.24. The molecule has 0 aliphatic carbocycles. The van der Waals surface area contributed by atoms with Gasteiger partial charge in [0.05, 0.1) is 0 Å². The minimum Gasteiger partial charge on any atom is -0.301 e. The predicted molar refractivity (Wildman–Crippen MR) is 60.5 cm³/mol. The Kier molecular flexibility index (Phi) is 2.85. The van der Waals surface area contributed by atoms with E-state index in [1.807, 2.05) is 0 Å². The first-order chi connectivity index (χ1) is 6.64. The standard InChI is InChI=1S/C12H24N2/c1-11(2)14-9-6-12(7-10-14)5-4-8-13(12)3/h11H,4-10H2,1-3H3. The molecule has 0 aromatic rings. The lowest BCUT2D eigenvalue weighted by Crippen LogP contribution is -2.52. The summed E-state index contributed by atoms with van der Waals surface area (Å²) in [6.45, 7) is 8.57. The lowest BCUT2D eigenvalue weighted by atomic mass is 9.85. The van der Waals surface area contributed by atoms with E-state index in [0.717, 1.165) is 6.04 Å². The maximum absolute atomic E-state index is 2.62. The number of hydrogen-bond acceptors (Lipinski definition) is 2. The monoisotopic (exact) mass is 196 g/mol. The fourth-order valence-corrected chi connectivity index (χ4v) is 3.16. The highest BCUT2D eigenvalue weighted by Crippen LogP contribution is 2.37. The maximum atomic E-state index is 2.62. The molecular formula is C12H24N2. The SMILES string of the molecule is CC(C)N1CCC2(CCCN2C)CC1. The minimum absolute atomic E-state index is 0.589. The van der Waals surface area contributed by atoms with E-state index < -0.39 is 0 Å². The number of hydrogen-bond donors (Lipinski definition) is 0. The molecule has 2 heteroatoms. The van der Waals surface area contributed by atoms with Crippen molar-refractivity contribution >= 4 is 0 Å². The lowest BCUT2D eigenvalue weighted by Gasteiger charge is -2.45. The molecule has 2 fully saturated rings. The number of rotatable bonds is 1. The van der Waals surface area contributed by atoms with Gasteiger partial charge in [-0.1, -0.05) is 0 Å². The van der Waals surface area contributed by atoms with Crippen molar-refractivity contribution in [2.24, 2.45) is 0 Å². The third kappa shape index (κ3) is 1.70. The first kappa shape index (κ1) is 10.4. The molecular weight excluding hydrogens is 172 g/mol. The average molecular weight is 196 g/mol. The molecule has 0 atom stereocenters. The smallest absolute Gasteiger partial charge is 0.0231 e. The Labute approximate surface area is 88.3 Å². The molecule has 0 unspecified atom stereocenters. The Balaban J connectivity index is 1.94. The van der Waals surface area contributed by atoms with Gasteiger partial charge in [-0.2, -0.15) is 0 Å². The summed E-state index contributed by atoms with van der Waals surface area (Å²) in [5.74, 6) is 0. The van der Waals surface area contributed by atoms with Crippen molar-refractivity contribution in [3.05, 3.63) is 0 Å². The van der Waals surface area contributed by atoms with E-state index in [2.05, 4.69) is 30.7 Å². The van der Waals surface area contributed by atoms with Gasteiger partial charge in [-0.25, -0.2) is 0 Å². The van der Waals surface area contributed by atoms with Crippen molar-refractivity contribution in [3.8, 4) is 0 Å². The molecule has 0 bridgehead atoms. The molecule has 0 aromatic heterocycles. The molecule has 0 radical (unpaired) electrons. The lowest BCUT2D eigenvalue weighted by molar-refractivity contribution is 0.0568.